The molecule has 0 aromatic heterocycles. The largest absolute Gasteiger partial charge is 0.447 e. The van der Waals surface area contributed by atoms with Crippen LogP contribution in [0.15, 0.2) is 24.3 Å². The molecule has 13 heteroatoms. The first-order valence-electron chi connectivity index (χ1n) is 17.9. The number of nitrogens with zero attached hydrogens (tertiary/aromatic N) is 1. The van der Waals surface area contributed by atoms with Gasteiger partial charge in [-0.05, 0) is 46.3 Å². The minimum absolute atomic E-state index is 0.0627. The molecule has 50 heavy (non-hydrogen) atoms. The first kappa shape index (κ1) is 38.9. The van der Waals surface area contributed by atoms with Crippen molar-refractivity contribution in [3.05, 3.63) is 24.3 Å². The van der Waals surface area contributed by atoms with Crippen LogP contribution in [0.1, 0.15) is 81.6 Å². The topological polar surface area (TPSA) is 189 Å². The number of nitrogens with one attached hydrogen (secondary N) is 4. The average molecular weight is 699 g/mol. The van der Waals surface area contributed by atoms with Crippen LogP contribution >= 0.6 is 0 Å². The summed E-state index contributed by atoms with van der Waals surface area (Å²) in [5.74, 6) is -2.27. The quantitative estimate of drug-likeness (QED) is 0.183. The number of Topliss-reactive ketones (excluding diaryl/α,β-unsaturated/α-hetero) is 1. The van der Waals surface area contributed by atoms with Gasteiger partial charge in [0, 0.05) is 19.0 Å². The normalized spacial score (nSPS) is 26.9. The number of hydrogen-bond donors (Lipinski definition) is 5. The average Bonchev–Trinajstić information content (AvgIpc) is 3.86. The Morgan fingerprint density at radius 1 is 0.940 bits per heavy atom. The number of alkyl carbamates (subject to hydrolysis) is 1. The Balaban J connectivity index is 1.43. The fraction of sp³-hybridized carbons (Fsp3) is 0.730. The maximum Gasteiger partial charge on any atom is 0.407 e. The van der Waals surface area contributed by atoms with E-state index in [0.29, 0.717) is 19.5 Å². The number of amides is 6. The van der Waals surface area contributed by atoms with Crippen molar-refractivity contribution in [2.24, 2.45) is 51.6 Å². The van der Waals surface area contributed by atoms with Crippen LogP contribution < -0.4 is 27.0 Å². The number of allylic oxidation sites excluding steroid dienone is 3. The molecule has 4 unspecified atom stereocenters. The van der Waals surface area contributed by atoms with E-state index in [0.717, 1.165) is 12.8 Å². The van der Waals surface area contributed by atoms with E-state index in [1.165, 1.54) is 4.90 Å². The number of fused-ring (bicyclic) bond motifs is 1. The molecule has 0 aromatic rings. The predicted molar refractivity (Wildman–Crippen MR) is 188 cm³/mol. The first-order valence-corrected chi connectivity index (χ1v) is 17.9. The summed E-state index contributed by atoms with van der Waals surface area (Å²) in [4.78, 5) is 80.3. The van der Waals surface area contributed by atoms with Gasteiger partial charge in [-0.25, -0.2) is 9.59 Å². The lowest BCUT2D eigenvalue weighted by Gasteiger charge is -2.38. The zero-order valence-electron chi connectivity index (χ0n) is 31.1. The highest BCUT2D eigenvalue weighted by atomic mass is 16.5. The van der Waals surface area contributed by atoms with Gasteiger partial charge in [0.1, 0.15) is 18.7 Å². The highest BCUT2D eigenvalue weighted by Crippen LogP contribution is 2.65. The van der Waals surface area contributed by atoms with Gasteiger partial charge < -0.3 is 36.6 Å². The van der Waals surface area contributed by atoms with E-state index >= 15 is 0 Å². The van der Waals surface area contributed by atoms with Crippen molar-refractivity contribution in [3.63, 3.8) is 0 Å². The highest BCUT2D eigenvalue weighted by molar-refractivity contribution is 6.37. The van der Waals surface area contributed by atoms with Crippen LogP contribution in [-0.2, 0) is 23.9 Å². The number of carbonyl (C=O) groups is 6. The second kappa shape index (κ2) is 14.8. The Morgan fingerprint density at radius 2 is 1.58 bits per heavy atom. The molecule has 278 valence electrons. The van der Waals surface area contributed by atoms with Gasteiger partial charge in [0.25, 0.3) is 5.91 Å². The zero-order valence-corrected chi connectivity index (χ0v) is 31.1. The van der Waals surface area contributed by atoms with Crippen LogP contribution in [0, 0.1) is 45.8 Å². The van der Waals surface area contributed by atoms with Gasteiger partial charge in [-0.3, -0.25) is 19.2 Å². The zero-order chi connectivity index (χ0) is 37.3. The van der Waals surface area contributed by atoms with E-state index in [1.807, 2.05) is 73.6 Å². The third-order valence-electron chi connectivity index (χ3n) is 11.1. The lowest BCUT2D eigenvalue weighted by molar-refractivity contribution is -0.145. The van der Waals surface area contributed by atoms with E-state index in [1.54, 1.807) is 0 Å². The van der Waals surface area contributed by atoms with Gasteiger partial charge in [-0.1, -0.05) is 99.5 Å². The molecule has 3 aliphatic carbocycles. The minimum atomic E-state index is -1.10. The third-order valence-corrected chi connectivity index (χ3v) is 11.1. The van der Waals surface area contributed by atoms with E-state index in [2.05, 4.69) is 34.3 Å². The number of primary amides is 1. The summed E-state index contributed by atoms with van der Waals surface area (Å²) in [6, 6.07) is -4.15. The van der Waals surface area contributed by atoms with Gasteiger partial charge in [-0.15, -0.1) is 0 Å². The number of piperidine rings is 1. The monoisotopic (exact) mass is 698 g/mol. The van der Waals surface area contributed by atoms with E-state index < -0.39 is 70.6 Å². The molecular formula is C37H58N6O7. The van der Waals surface area contributed by atoms with Gasteiger partial charge in [0.2, 0.25) is 17.6 Å². The molecular weight excluding hydrogens is 640 g/mol. The van der Waals surface area contributed by atoms with Crippen LogP contribution in [0.2, 0.25) is 0 Å². The summed E-state index contributed by atoms with van der Waals surface area (Å²) < 4.78 is 5.52. The smallest absolute Gasteiger partial charge is 0.407 e. The van der Waals surface area contributed by atoms with Crippen LogP contribution in [0.5, 0.6) is 0 Å². The molecule has 1 heterocycles. The SMILES string of the molecule is CC1C=CC=CC1CNC(=O)OC[C@@H](NC(=O)N[C@H](C(=O)N1C[C@H]2[C@@H](C1C(=O)NC(CC1CC1)C(=O)C(N)=O)C2(C)C)C(C)(C)C)C(C)(C)C. The first-order chi connectivity index (χ1) is 23.1. The predicted octanol–water partition coefficient (Wildman–Crippen LogP) is 3.04. The Bertz CT molecular complexity index is 1410. The maximum atomic E-state index is 14.3. The van der Waals surface area contributed by atoms with Crippen molar-refractivity contribution < 1.29 is 33.5 Å². The molecule has 1 saturated heterocycles. The number of urea groups is 1. The summed E-state index contributed by atoms with van der Waals surface area (Å²) in [5, 5.41) is 11.3. The molecule has 2 saturated carbocycles. The third kappa shape index (κ3) is 9.25. The highest BCUT2D eigenvalue weighted by Gasteiger charge is 2.70. The number of likely N-dealkylation sites (tertiary alicyclic amines) is 1. The van der Waals surface area contributed by atoms with Gasteiger partial charge in [0.15, 0.2) is 0 Å². The van der Waals surface area contributed by atoms with E-state index in [-0.39, 0.29) is 41.6 Å². The van der Waals surface area contributed by atoms with Crippen molar-refractivity contribution in [2.75, 3.05) is 19.7 Å². The van der Waals surface area contributed by atoms with Crippen LogP contribution in [0.4, 0.5) is 9.59 Å². The summed E-state index contributed by atoms with van der Waals surface area (Å²) >= 11 is 0. The molecule has 0 radical (unpaired) electrons. The Kier molecular flexibility index (Phi) is 11.5. The lowest BCUT2D eigenvalue weighted by atomic mass is 9.85. The molecule has 3 fully saturated rings. The fourth-order valence-corrected chi connectivity index (χ4v) is 7.24. The van der Waals surface area contributed by atoms with Gasteiger partial charge >= 0.3 is 12.1 Å². The Morgan fingerprint density at radius 3 is 2.14 bits per heavy atom. The molecule has 0 bridgehead atoms. The summed E-state index contributed by atoms with van der Waals surface area (Å²) in [6.45, 7) is 18.0. The van der Waals surface area contributed by atoms with Crippen LogP contribution in [0.25, 0.3) is 0 Å². The van der Waals surface area contributed by atoms with Gasteiger partial charge in [-0.2, -0.15) is 0 Å². The van der Waals surface area contributed by atoms with Crippen molar-refractivity contribution in [2.45, 2.75) is 106 Å². The number of ketones is 1. The molecule has 8 atom stereocenters. The van der Waals surface area contributed by atoms with Crippen molar-refractivity contribution in [1.29, 1.82) is 0 Å². The molecule has 0 aromatic carbocycles. The van der Waals surface area contributed by atoms with Crippen molar-refractivity contribution >= 4 is 35.6 Å². The Labute approximate surface area is 296 Å². The standard InChI is InChI=1S/C37H58N6O7/c1-20-12-10-11-13-22(20)17-39-34(49)50-19-25(35(2,3)4)41-33(48)42-29(36(5,6)7)32(47)43-18-23-26(37(23,8)9)27(43)31(46)40-24(16-21-14-15-21)28(44)30(38)45/h10-13,20-27,29H,14-19H2,1-9H3,(H2,38,45)(H,39,49)(H,40,46)(H2,41,42,48)/t20?,22?,23-,24?,25+,26-,27?,29+/m0/s1. The van der Waals surface area contributed by atoms with Crippen molar-refractivity contribution in [1.82, 2.24) is 26.2 Å². The van der Waals surface area contributed by atoms with Crippen molar-refractivity contribution in [3.8, 4) is 0 Å². The second-order valence-corrected chi connectivity index (χ2v) is 17.5. The molecule has 6 N–H and O–H groups in total. The summed E-state index contributed by atoms with van der Waals surface area (Å²) in [7, 11) is 0. The fourth-order valence-electron chi connectivity index (χ4n) is 7.24. The lowest BCUT2D eigenvalue weighted by Crippen LogP contribution is -2.62. The van der Waals surface area contributed by atoms with E-state index in [4.69, 9.17) is 10.5 Å². The van der Waals surface area contributed by atoms with Gasteiger partial charge in [0.05, 0.1) is 12.1 Å². The Hall–Kier alpha value is -3.90. The second-order valence-electron chi connectivity index (χ2n) is 17.5. The molecule has 1 aliphatic heterocycles. The number of hydrogen-bond acceptors (Lipinski definition) is 7. The summed E-state index contributed by atoms with van der Waals surface area (Å²) in [5.41, 5.74) is 3.86. The molecule has 13 nitrogen and oxygen atoms in total. The molecule has 6 amide bonds. The molecule has 4 rings (SSSR count). The minimum Gasteiger partial charge on any atom is -0.447 e. The number of nitrogens with two attached hydrogens (primary N) is 1. The molecule has 4 aliphatic rings. The van der Waals surface area contributed by atoms with Crippen LogP contribution in [0.3, 0.4) is 0 Å². The van der Waals surface area contributed by atoms with E-state index in [9.17, 15) is 28.8 Å². The number of carbonyl (C=O) groups excluding carboxylic acids is 6. The maximum absolute atomic E-state index is 14.3. The molecule has 0 spiro atoms. The summed E-state index contributed by atoms with van der Waals surface area (Å²) in [6.07, 6.45) is 9.62. The number of ether oxygens (including phenoxy) is 1. The van der Waals surface area contributed by atoms with Crippen LogP contribution in [-0.4, -0.2) is 84.4 Å². The number of rotatable bonds is 13.